The van der Waals surface area contributed by atoms with Crippen molar-refractivity contribution in [3.05, 3.63) is 144 Å². The molecular weight excluding hydrogens is 512 g/mol. The number of fused-ring (bicyclic) bond motifs is 3. The van der Waals surface area contributed by atoms with Crippen LogP contribution in [-0.4, -0.2) is 17.0 Å². The SMILES string of the molecule is CC1C=CC(c2cccc(-c3cc4c(cc3Nc3cccc(C(=N)N=Cc5ccccc5)c3)[nH]c3ccccc34)c2)C1. The monoisotopic (exact) mass is 544 g/mol. The van der Waals surface area contributed by atoms with Gasteiger partial charge in [0.2, 0.25) is 0 Å². The van der Waals surface area contributed by atoms with Crippen LogP contribution < -0.4 is 5.32 Å². The number of H-pyrrole nitrogens is 1. The second-order valence-corrected chi connectivity index (χ2v) is 11.2. The van der Waals surface area contributed by atoms with E-state index in [1.807, 2.05) is 54.6 Å². The zero-order valence-electron chi connectivity index (χ0n) is 23.5. The molecule has 0 radical (unpaired) electrons. The zero-order valence-corrected chi connectivity index (χ0v) is 23.5. The number of anilines is 2. The van der Waals surface area contributed by atoms with E-state index in [4.69, 9.17) is 5.41 Å². The first-order valence-electron chi connectivity index (χ1n) is 14.5. The summed E-state index contributed by atoms with van der Waals surface area (Å²) < 4.78 is 0. The molecule has 7 rings (SSSR count). The van der Waals surface area contributed by atoms with Crippen molar-refractivity contribution in [1.82, 2.24) is 4.98 Å². The fourth-order valence-electron chi connectivity index (χ4n) is 5.96. The highest BCUT2D eigenvalue weighted by Crippen LogP contribution is 2.39. The van der Waals surface area contributed by atoms with Crippen molar-refractivity contribution < 1.29 is 0 Å². The lowest BCUT2D eigenvalue weighted by molar-refractivity contribution is 0.648. The topological polar surface area (TPSA) is 64.0 Å². The van der Waals surface area contributed by atoms with Gasteiger partial charge < -0.3 is 10.3 Å². The lowest BCUT2D eigenvalue weighted by atomic mass is 9.92. The van der Waals surface area contributed by atoms with Gasteiger partial charge in [0, 0.05) is 56.4 Å². The van der Waals surface area contributed by atoms with Crippen LogP contribution in [0.4, 0.5) is 11.4 Å². The predicted octanol–water partition coefficient (Wildman–Crippen LogP) is 9.86. The van der Waals surface area contributed by atoms with Gasteiger partial charge >= 0.3 is 0 Å². The molecule has 4 nitrogen and oxygen atoms in total. The molecule has 1 aliphatic carbocycles. The highest BCUT2D eigenvalue weighted by Gasteiger charge is 2.19. The Morgan fingerprint density at radius 3 is 2.50 bits per heavy atom. The fourth-order valence-corrected chi connectivity index (χ4v) is 5.96. The standard InChI is InChI=1S/C38H32N4/c1-25-17-18-28(19-25)27-11-7-12-29(20-27)33-22-34-32-15-5-6-16-35(32)42-37(34)23-36(33)41-31-14-8-13-30(21-31)38(39)40-24-26-9-3-2-4-10-26/h2-18,20-25,28,39,41-42H,19H2,1H3. The van der Waals surface area contributed by atoms with Gasteiger partial charge in [-0.1, -0.05) is 104 Å². The van der Waals surface area contributed by atoms with Crippen molar-refractivity contribution in [2.45, 2.75) is 19.3 Å². The van der Waals surface area contributed by atoms with Crippen molar-refractivity contribution in [2.75, 3.05) is 5.32 Å². The van der Waals surface area contributed by atoms with Crippen LogP contribution in [0.2, 0.25) is 0 Å². The summed E-state index contributed by atoms with van der Waals surface area (Å²) in [6.45, 7) is 2.29. The van der Waals surface area contributed by atoms with Gasteiger partial charge in [0.1, 0.15) is 0 Å². The van der Waals surface area contributed by atoms with Gasteiger partial charge in [-0.25, -0.2) is 4.99 Å². The van der Waals surface area contributed by atoms with Gasteiger partial charge in [-0.15, -0.1) is 0 Å². The maximum absolute atomic E-state index is 8.59. The van der Waals surface area contributed by atoms with E-state index in [1.54, 1.807) is 6.21 Å². The number of allylic oxidation sites excluding steroid dienone is 2. The molecule has 0 saturated heterocycles. The van der Waals surface area contributed by atoms with Crippen LogP contribution in [0.3, 0.4) is 0 Å². The molecule has 0 fully saturated rings. The Hall–Kier alpha value is -5.22. The van der Waals surface area contributed by atoms with Crippen LogP contribution in [0.25, 0.3) is 32.9 Å². The summed E-state index contributed by atoms with van der Waals surface area (Å²) in [6.07, 6.45) is 7.57. The summed E-state index contributed by atoms with van der Waals surface area (Å²) in [4.78, 5) is 8.02. The van der Waals surface area contributed by atoms with E-state index in [2.05, 4.69) is 95.0 Å². The normalized spacial score (nSPS) is 16.5. The number of benzene rings is 5. The Kier molecular flexibility index (Phi) is 6.73. The third kappa shape index (κ3) is 5.15. The molecule has 5 aromatic carbocycles. The molecule has 42 heavy (non-hydrogen) atoms. The number of nitrogens with zero attached hydrogens (tertiary/aromatic N) is 1. The van der Waals surface area contributed by atoms with Crippen molar-refractivity contribution in [1.29, 1.82) is 5.41 Å². The summed E-state index contributed by atoms with van der Waals surface area (Å²) in [6, 6.07) is 39.8. The number of amidine groups is 1. The van der Waals surface area contributed by atoms with Crippen molar-refractivity contribution in [3.63, 3.8) is 0 Å². The molecule has 0 aliphatic heterocycles. The summed E-state index contributed by atoms with van der Waals surface area (Å²) >= 11 is 0. The van der Waals surface area contributed by atoms with Crippen LogP contribution in [0.1, 0.15) is 36.0 Å². The number of hydrogen-bond acceptors (Lipinski definition) is 2. The smallest absolute Gasteiger partial charge is 0.151 e. The third-order valence-electron chi connectivity index (χ3n) is 8.13. The molecule has 0 spiro atoms. The lowest BCUT2D eigenvalue weighted by Crippen LogP contribution is -1.99. The van der Waals surface area contributed by atoms with E-state index in [0.717, 1.165) is 45.5 Å². The number of para-hydroxylation sites is 1. The molecule has 6 aromatic rings. The summed E-state index contributed by atoms with van der Waals surface area (Å²) in [5.74, 6) is 1.29. The lowest BCUT2D eigenvalue weighted by Gasteiger charge is -2.16. The molecule has 3 N–H and O–H groups in total. The molecule has 204 valence electrons. The Bertz CT molecular complexity index is 1980. The highest BCUT2D eigenvalue weighted by atomic mass is 14.9. The number of aliphatic imine (C=N–C) groups is 1. The quantitative estimate of drug-likeness (QED) is 0.109. The average Bonchev–Trinajstić information content (AvgIpc) is 3.63. The van der Waals surface area contributed by atoms with E-state index in [9.17, 15) is 0 Å². The van der Waals surface area contributed by atoms with E-state index in [-0.39, 0.29) is 5.84 Å². The number of aromatic amines is 1. The second-order valence-electron chi connectivity index (χ2n) is 11.2. The largest absolute Gasteiger partial charge is 0.355 e. The van der Waals surface area contributed by atoms with E-state index in [1.165, 1.54) is 21.9 Å². The molecule has 0 bridgehead atoms. The molecule has 1 heterocycles. The highest BCUT2D eigenvalue weighted by molar-refractivity contribution is 6.10. The molecular formula is C38H32N4. The van der Waals surface area contributed by atoms with Crippen LogP contribution in [0.15, 0.2) is 132 Å². The molecule has 0 amide bonds. The van der Waals surface area contributed by atoms with Crippen LogP contribution >= 0.6 is 0 Å². The van der Waals surface area contributed by atoms with E-state index < -0.39 is 0 Å². The number of aromatic nitrogens is 1. The van der Waals surface area contributed by atoms with Crippen LogP contribution in [0.5, 0.6) is 0 Å². The summed E-state index contributed by atoms with van der Waals surface area (Å²) in [5.41, 5.74) is 9.54. The first-order valence-corrected chi connectivity index (χ1v) is 14.5. The molecule has 0 saturated carbocycles. The Morgan fingerprint density at radius 2 is 1.64 bits per heavy atom. The second kappa shape index (κ2) is 11.0. The average molecular weight is 545 g/mol. The van der Waals surface area contributed by atoms with Crippen molar-refractivity contribution >= 4 is 45.2 Å². The third-order valence-corrected chi connectivity index (χ3v) is 8.13. The Balaban J connectivity index is 1.28. The van der Waals surface area contributed by atoms with E-state index >= 15 is 0 Å². The van der Waals surface area contributed by atoms with Crippen molar-refractivity contribution in [3.8, 4) is 11.1 Å². The van der Waals surface area contributed by atoms with Gasteiger partial charge in [0.15, 0.2) is 5.84 Å². The Labute approximate surface area is 246 Å². The van der Waals surface area contributed by atoms with Gasteiger partial charge in [-0.05, 0) is 59.4 Å². The molecule has 1 aromatic heterocycles. The van der Waals surface area contributed by atoms with Crippen LogP contribution in [0, 0.1) is 11.3 Å². The number of nitrogens with one attached hydrogen (secondary N) is 3. The molecule has 2 atom stereocenters. The van der Waals surface area contributed by atoms with Crippen LogP contribution in [-0.2, 0) is 0 Å². The maximum atomic E-state index is 8.59. The minimum Gasteiger partial charge on any atom is -0.355 e. The van der Waals surface area contributed by atoms with Gasteiger partial charge in [-0.3, -0.25) is 5.41 Å². The molecule has 2 unspecified atom stereocenters. The number of rotatable bonds is 6. The first-order chi connectivity index (χ1) is 20.6. The minimum absolute atomic E-state index is 0.223. The van der Waals surface area contributed by atoms with Gasteiger partial charge in [0.05, 0.1) is 0 Å². The van der Waals surface area contributed by atoms with Crippen molar-refractivity contribution in [2.24, 2.45) is 10.9 Å². The van der Waals surface area contributed by atoms with Gasteiger partial charge in [0.25, 0.3) is 0 Å². The minimum atomic E-state index is 0.223. The molecule has 4 heteroatoms. The zero-order chi connectivity index (χ0) is 28.5. The predicted molar refractivity (Wildman–Crippen MR) is 177 cm³/mol. The molecule has 1 aliphatic rings. The Morgan fingerprint density at radius 1 is 0.810 bits per heavy atom. The summed E-state index contributed by atoms with van der Waals surface area (Å²) in [7, 11) is 0. The first kappa shape index (κ1) is 25.7. The number of hydrogen-bond donors (Lipinski definition) is 3. The van der Waals surface area contributed by atoms with Gasteiger partial charge in [-0.2, -0.15) is 0 Å². The fraction of sp³-hybridized carbons (Fsp3) is 0.105. The summed E-state index contributed by atoms with van der Waals surface area (Å²) in [5, 5.41) is 14.7. The maximum Gasteiger partial charge on any atom is 0.151 e. The van der Waals surface area contributed by atoms with E-state index in [0.29, 0.717) is 11.8 Å².